The van der Waals surface area contributed by atoms with Gasteiger partial charge >= 0.3 is 11.4 Å². The van der Waals surface area contributed by atoms with Gasteiger partial charge in [-0.05, 0) is 0 Å². The Morgan fingerprint density at radius 3 is 2.33 bits per heavy atom. The van der Waals surface area contributed by atoms with Gasteiger partial charge in [0, 0.05) is 0 Å². The molecule has 0 saturated carbocycles. The number of hydrogen-bond acceptors (Lipinski definition) is 4. The van der Waals surface area contributed by atoms with E-state index in [-0.39, 0.29) is 0 Å². The first kappa shape index (κ1) is 5.99. The molecule has 0 aliphatic carbocycles. The predicted molar refractivity (Wildman–Crippen MR) is 17.1 cm³/mol. The standard InChI is InChI=1S/H3NO4S/c1-4-5-6(2)3/h1H2,(H,2,3). The summed E-state index contributed by atoms with van der Waals surface area (Å²) in [6.45, 7) is 0. The number of nitrogens with two attached hydrogens (primary N) is 1. The van der Waals surface area contributed by atoms with Gasteiger partial charge in [0.05, 0.1) is 0 Å². The van der Waals surface area contributed by atoms with Crippen LogP contribution >= 0.6 is 0 Å². The minimum atomic E-state index is -2.41. The summed E-state index contributed by atoms with van der Waals surface area (Å²) in [5.41, 5.74) is 0. The molecule has 38 valence electrons. The van der Waals surface area contributed by atoms with Crippen LogP contribution in [0.15, 0.2) is 0 Å². The summed E-state index contributed by atoms with van der Waals surface area (Å²) in [5.74, 6) is 4.15. The van der Waals surface area contributed by atoms with Gasteiger partial charge < -0.3 is 0 Å². The topological polar surface area (TPSA) is 81.8 Å². The van der Waals surface area contributed by atoms with Crippen molar-refractivity contribution in [3.05, 3.63) is 0 Å². The average molecular weight is 113 g/mol. The molecular weight excluding hydrogens is 110 g/mol. The van der Waals surface area contributed by atoms with Crippen LogP contribution < -0.4 is 5.90 Å². The highest BCUT2D eigenvalue weighted by Gasteiger charge is 1.85. The van der Waals surface area contributed by atoms with Gasteiger partial charge in [0.2, 0.25) is 0 Å². The van der Waals surface area contributed by atoms with Crippen LogP contribution in [-0.4, -0.2) is 8.76 Å². The Balaban J connectivity index is 2.83. The van der Waals surface area contributed by atoms with Crippen molar-refractivity contribution in [2.75, 3.05) is 0 Å². The van der Waals surface area contributed by atoms with E-state index in [0.717, 1.165) is 0 Å². The molecular formula is H3NO4S. The molecule has 0 rings (SSSR count). The molecule has 0 fully saturated rings. The molecule has 0 aliphatic rings. The van der Waals surface area contributed by atoms with Gasteiger partial charge in [-0.2, -0.15) is 10.1 Å². The van der Waals surface area contributed by atoms with Gasteiger partial charge in [0.15, 0.2) is 0 Å². The summed E-state index contributed by atoms with van der Waals surface area (Å²) < 4.78 is 20.2. The lowest BCUT2D eigenvalue weighted by Gasteiger charge is -1.83. The summed E-state index contributed by atoms with van der Waals surface area (Å²) in [7, 11) is 0. The molecule has 6 heavy (non-hydrogen) atoms. The number of rotatable bonds is 2. The smallest absolute Gasteiger partial charge is 0.282 e. The number of hydrogen-bond donors (Lipinski definition) is 2. The molecule has 3 N–H and O–H groups in total. The molecule has 1 unspecified atom stereocenters. The van der Waals surface area contributed by atoms with Crippen molar-refractivity contribution in [3.8, 4) is 0 Å². The average Bonchev–Trinajstić information content (AvgIpc) is 1.35. The fraction of sp³-hybridized carbons (Fsp3) is 0. The van der Waals surface area contributed by atoms with E-state index in [2.05, 4.69) is 15.2 Å². The van der Waals surface area contributed by atoms with Crippen LogP contribution in [0.5, 0.6) is 0 Å². The van der Waals surface area contributed by atoms with Crippen molar-refractivity contribution in [1.82, 2.24) is 0 Å². The molecule has 0 bridgehead atoms. The highest BCUT2D eigenvalue weighted by molar-refractivity contribution is 7.74. The monoisotopic (exact) mass is 113 g/mol. The van der Waals surface area contributed by atoms with Crippen molar-refractivity contribution in [2.24, 2.45) is 5.90 Å². The fourth-order valence-corrected chi connectivity index (χ4v) is 0.101. The van der Waals surface area contributed by atoms with E-state index < -0.39 is 11.4 Å². The van der Waals surface area contributed by atoms with E-state index in [0.29, 0.717) is 0 Å². The van der Waals surface area contributed by atoms with Crippen LogP contribution in [0.3, 0.4) is 0 Å². The van der Waals surface area contributed by atoms with Gasteiger partial charge in [0.1, 0.15) is 0 Å². The molecule has 0 spiro atoms. The molecule has 0 saturated heterocycles. The maximum atomic E-state index is 9.28. The zero-order chi connectivity index (χ0) is 4.99. The van der Waals surface area contributed by atoms with Crippen molar-refractivity contribution < 1.29 is 18.1 Å². The lowest BCUT2D eigenvalue weighted by atomic mass is 13.5. The molecule has 0 amide bonds. The normalized spacial score (nSPS) is 14.3. The first-order valence-corrected chi connectivity index (χ1v) is 1.95. The van der Waals surface area contributed by atoms with Crippen LogP contribution in [0.25, 0.3) is 0 Å². The third kappa shape index (κ3) is 3.99. The summed E-state index contributed by atoms with van der Waals surface area (Å²) in [6, 6.07) is 0. The third-order valence-corrected chi connectivity index (χ3v) is 0.292. The molecule has 0 aromatic rings. The quantitative estimate of drug-likeness (QED) is 0.271. The Morgan fingerprint density at radius 1 is 1.83 bits per heavy atom. The van der Waals surface area contributed by atoms with Crippen LogP contribution in [0.1, 0.15) is 0 Å². The molecule has 0 aromatic carbocycles. The van der Waals surface area contributed by atoms with E-state index in [1.165, 1.54) is 0 Å². The van der Waals surface area contributed by atoms with E-state index >= 15 is 0 Å². The lowest BCUT2D eigenvalue weighted by Crippen LogP contribution is -2.01. The third-order valence-electron chi connectivity index (χ3n) is 0.0975. The van der Waals surface area contributed by atoms with Crippen molar-refractivity contribution in [3.63, 3.8) is 0 Å². The van der Waals surface area contributed by atoms with Crippen LogP contribution in [0, 0.1) is 0 Å². The van der Waals surface area contributed by atoms with Gasteiger partial charge in [-0.25, -0.2) is 0 Å². The summed E-state index contributed by atoms with van der Waals surface area (Å²) in [6.07, 6.45) is 0. The Morgan fingerprint density at radius 2 is 2.33 bits per heavy atom. The second-order valence-corrected chi connectivity index (χ2v) is 0.952. The molecule has 1 atom stereocenters. The van der Waals surface area contributed by atoms with Gasteiger partial charge in [-0.3, -0.25) is 4.55 Å². The minimum absolute atomic E-state index is 2.41. The highest BCUT2D eigenvalue weighted by Crippen LogP contribution is 1.70. The summed E-state index contributed by atoms with van der Waals surface area (Å²) in [5, 5.41) is 0. The van der Waals surface area contributed by atoms with Gasteiger partial charge in [0.25, 0.3) is 0 Å². The van der Waals surface area contributed by atoms with E-state index in [4.69, 9.17) is 4.55 Å². The van der Waals surface area contributed by atoms with E-state index in [9.17, 15) is 4.21 Å². The van der Waals surface area contributed by atoms with Crippen molar-refractivity contribution >= 4 is 11.4 Å². The van der Waals surface area contributed by atoms with Crippen molar-refractivity contribution in [2.45, 2.75) is 0 Å². The van der Waals surface area contributed by atoms with Crippen LogP contribution in [0.2, 0.25) is 0 Å². The van der Waals surface area contributed by atoms with Crippen molar-refractivity contribution in [1.29, 1.82) is 0 Å². The SMILES string of the molecule is NOOS(=O)O. The van der Waals surface area contributed by atoms with Crippen LogP contribution in [-0.2, 0) is 20.7 Å². The molecule has 0 heterocycles. The molecule has 0 radical (unpaired) electrons. The van der Waals surface area contributed by atoms with E-state index in [1.807, 2.05) is 0 Å². The second-order valence-electron chi connectivity index (χ2n) is 0.381. The zero-order valence-corrected chi connectivity index (χ0v) is 3.47. The summed E-state index contributed by atoms with van der Waals surface area (Å²) in [4.78, 5) is 3.25. The maximum Gasteiger partial charge on any atom is 0.332 e. The molecule has 0 aliphatic heterocycles. The summed E-state index contributed by atoms with van der Waals surface area (Å²) >= 11 is -2.41. The largest absolute Gasteiger partial charge is 0.332 e. The lowest BCUT2D eigenvalue weighted by molar-refractivity contribution is -0.206. The van der Waals surface area contributed by atoms with Gasteiger partial charge in [-0.1, -0.05) is 4.33 Å². The Kier molecular flexibility index (Phi) is 3.19. The maximum absolute atomic E-state index is 9.28. The first-order valence-electron chi connectivity index (χ1n) is 0.918. The predicted octanol–water partition coefficient (Wildman–Crippen LogP) is -1.05. The molecule has 6 heteroatoms. The van der Waals surface area contributed by atoms with E-state index in [1.54, 1.807) is 0 Å². The minimum Gasteiger partial charge on any atom is -0.282 e. The second kappa shape index (κ2) is 3.19. The Labute approximate surface area is 36.4 Å². The van der Waals surface area contributed by atoms with Crippen LogP contribution in [0.4, 0.5) is 0 Å². The Bertz CT molecular complexity index is 51.5. The molecule has 0 aromatic heterocycles. The fourth-order valence-electron chi connectivity index (χ4n) is 0.0336. The highest BCUT2D eigenvalue weighted by atomic mass is 32.2. The molecule has 5 nitrogen and oxygen atoms in total. The Hall–Kier alpha value is -0.0100. The van der Waals surface area contributed by atoms with Gasteiger partial charge in [-0.15, -0.1) is 4.99 Å². The first-order chi connectivity index (χ1) is 2.77. The zero-order valence-electron chi connectivity index (χ0n) is 2.66.